The number of aryl methyl sites for hydroxylation is 1. The van der Waals surface area contributed by atoms with Crippen molar-refractivity contribution >= 4 is 27.5 Å². The number of hydrogen-bond acceptors (Lipinski definition) is 4. The molecule has 0 atom stereocenters. The van der Waals surface area contributed by atoms with Crippen molar-refractivity contribution in [1.82, 2.24) is 14.5 Å². The number of nitrogens with zero attached hydrogens (tertiary/aromatic N) is 3. The molecule has 0 saturated heterocycles. The molecule has 1 fully saturated rings. The lowest BCUT2D eigenvalue weighted by Crippen LogP contribution is -2.41. The number of amides is 1. The fourth-order valence-electron chi connectivity index (χ4n) is 3.23. The predicted molar refractivity (Wildman–Crippen MR) is 92.9 cm³/mol. The largest absolute Gasteiger partial charge is 0.341 e. The first-order chi connectivity index (χ1) is 11.1. The molecule has 1 amide bonds. The van der Waals surface area contributed by atoms with Crippen LogP contribution in [-0.2, 0) is 17.8 Å². The normalized spacial score (nSPS) is 15.9. The van der Waals surface area contributed by atoms with E-state index < -0.39 is 0 Å². The summed E-state index contributed by atoms with van der Waals surface area (Å²) >= 11 is 1.55. The van der Waals surface area contributed by atoms with Gasteiger partial charge in [-0.2, -0.15) is 0 Å². The Morgan fingerprint density at radius 3 is 2.83 bits per heavy atom. The average molecular weight is 333 g/mol. The summed E-state index contributed by atoms with van der Waals surface area (Å²) in [5.74, 6) is -0.00825. The Bertz CT molecular complexity index is 759. The van der Waals surface area contributed by atoms with E-state index in [0.29, 0.717) is 11.4 Å². The van der Waals surface area contributed by atoms with Crippen molar-refractivity contribution in [2.75, 3.05) is 7.05 Å². The molecular weight excluding hydrogens is 310 g/mol. The van der Waals surface area contributed by atoms with Crippen LogP contribution in [0.2, 0.25) is 0 Å². The van der Waals surface area contributed by atoms with E-state index in [4.69, 9.17) is 0 Å². The summed E-state index contributed by atoms with van der Waals surface area (Å²) in [6.07, 6.45) is 8.17. The first kappa shape index (κ1) is 16.2. The van der Waals surface area contributed by atoms with Gasteiger partial charge in [-0.3, -0.25) is 14.2 Å². The molecule has 2 aromatic rings. The molecule has 3 rings (SSSR count). The highest BCUT2D eigenvalue weighted by atomic mass is 32.1. The van der Waals surface area contributed by atoms with Crippen LogP contribution in [0.4, 0.5) is 0 Å². The number of fused-ring (bicyclic) bond motifs is 1. The molecule has 0 radical (unpaired) electrons. The summed E-state index contributed by atoms with van der Waals surface area (Å²) in [5.41, 5.74) is -0.114. The van der Waals surface area contributed by atoms with Gasteiger partial charge in [0.15, 0.2) is 0 Å². The van der Waals surface area contributed by atoms with E-state index in [1.54, 1.807) is 11.3 Å². The molecule has 5 nitrogen and oxygen atoms in total. The van der Waals surface area contributed by atoms with Crippen LogP contribution < -0.4 is 5.56 Å². The van der Waals surface area contributed by atoms with E-state index in [1.807, 2.05) is 18.0 Å². The van der Waals surface area contributed by atoms with Crippen LogP contribution in [0, 0.1) is 0 Å². The predicted octanol–water partition coefficient (Wildman–Crippen LogP) is 2.81. The van der Waals surface area contributed by atoms with Crippen LogP contribution >= 0.6 is 11.3 Å². The lowest BCUT2D eigenvalue weighted by molar-refractivity contribution is -0.133. The second-order valence-electron chi connectivity index (χ2n) is 6.26. The summed E-state index contributed by atoms with van der Waals surface area (Å²) < 4.78 is 1.44. The van der Waals surface area contributed by atoms with E-state index >= 15 is 0 Å². The summed E-state index contributed by atoms with van der Waals surface area (Å²) in [7, 11) is 1.86. The Kier molecular flexibility index (Phi) is 4.80. The van der Waals surface area contributed by atoms with Gasteiger partial charge in [-0.05, 0) is 25.3 Å². The monoisotopic (exact) mass is 333 g/mol. The van der Waals surface area contributed by atoms with E-state index in [2.05, 4.69) is 11.9 Å². The van der Waals surface area contributed by atoms with Gasteiger partial charge in [0.1, 0.15) is 11.4 Å². The topological polar surface area (TPSA) is 55.2 Å². The highest BCUT2D eigenvalue weighted by Gasteiger charge is 2.22. The first-order valence-corrected chi connectivity index (χ1v) is 9.15. The standard InChI is InChI=1S/C17H23N3O2S/c1-3-13-9-14-16(23-13)18-11-20(17(14)22)10-15(21)19(2)12-7-5-4-6-8-12/h9,11-12H,3-8,10H2,1-2H3. The number of thiophene rings is 1. The number of carbonyl (C=O) groups excluding carboxylic acids is 1. The van der Waals surface area contributed by atoms with Gasteiger partial charge in [0.05, 0.1) is 11.7 Å². The van der Waals surface area contributed by atoms with Gasteiger partial charge >= 0.3 is 0 Å². The number of carbonyl (C=O) groups is 1. The van der Waals surface area contributed by atoms with Crippen molar-refractivity contribution in [3.05, 3.63) is 27.6 Å². The molecule has 124 valence electrons. The maximum atomic E-state index is 12.6. The van der Waals surface area contributed by atoms with Crippen molar-refractivity contribution in [2.45, 2.75) is 58.0 Å². The molecule has 0 bridgehead atoms. The molecule has 1 aliphatic carbocycles. The third kappa shape index (κ3) is 3.32. The number of hydrogen-bond donors (Lipinski definition) is 0. The smallest absolute Gasteiger partial charge is 0.262 e. The van der Waals surface area contributed by atoms with Crippen molar-refractivity contribution in [2.24, 2.45) is 0 Å². The highest BCUT2D eigenvalue weighted by Crippen LogP contribution is 2.22. The highest BCUT2D eigenvalue weighted by molar-refractivity contribution is 7.18. The number of likely N-dealkylation sites (N-methyl/N-ethyl adjacent to an activating group) is 1. The molecule has 1 saturated carbocycles. The van der Waals surface area contributed by atoms with Crippen LogP contribution in [-0.4, -0.2) is 33.4 Å². The molecule has 23 heavy (non-hydrogen) atoms. The van der Waals surface area contributed by atoms with Crippen LogP contribution in [0.25, 0.3) is 10.2 Å². The van der Waals surface area contributed by atoms with Crippen LogP contribution in [0.1, 0.15) is 43.9 Å². The molecule has 0 aliphatic heterocycles. The molecule has 0 N–H and O–H groups in total. The Morgan fingerprint density at radius 1 is 1.39 bits per heavy atom. The van der Waals surface area contributed by atoms with Crippen molar-refractivity contribution < 1.29 is 4.79 Å². The van der Waals surface area contributed by atoms with Crippen LogP contribution in [0.5, 0.6) is 0 Å². The zero-order valence-electron chi connectivity index (χ0n) is 13.7. The molecule has 1 aliphatic rings. The second kappa shape index (κ2) is 6.83. The van der Waals surface area contributed by atoms with E-state index in [1.165, 1.54) is 30.2 Å². The van der Waals surface area contributed by atoms with Gasteiger partial charge in [0.25, 0.3) is 5.56 Å². The molecule has 6 heteroatoms. The summed E-state index contributed by atoms with van der Waals surface area (Å²) in [5, 5.41) is 0.627. The van der Waals surface area contributed by atoms with Gasteiger partial charge in [0.2, 0.25) is 5.91 Å². The lowest BCUT2D eigenvalue weighted by Gasteiger charge is -2.31. The van der Waals surface area contributed by atoms with Gasteiger partial charge in [-0.25, -0.2) is 4.98 Å². The van der Waals surface area contributed by atoms with Crippen molar-refractivity contribution in [1.29, 1.82) is 0 Å². The van der Waals surface area contributed by atoms with Gasteiger partial charge in [-0.15, -0.1) is 11.3 Å². The third-order valence-electron chi connectivity index (χ3n) is 4.74. The minimum atomic E-state index is -0.114. The molecule has 0 aromatic carbocycles. The minimum Gasteiger partial charge on any atom is -0.341 e. The SMILES string of the molecule is CCc1cc2c(=O)n(CC(=O)N(C)C3CCCCC3)cnc2s1. The molecule has 2 heterocycles. The van der Waals surface area contributed by atoms with Crippen molar-refractivity contribution in [3.8, 4) is 0 Å². The van der Waals surface area contributed by atoms with E-state index in [9.17, 15) is 9.59 Å². The van der Waals surface area contributed by atoms with Crippen LogP contribution in [0.3, 0.4) is 0 Å². The van der Waals surface area contributed by atoms with Crippen LogP contribution in [0.15, 0.2) is 17.2 Å². The maximum Gasteiger partial charge on any atom is 0.262 e. The summed E-state index contributed by atoms with van der Waals surface area (Å²) in [6.45, 7) is 2.14. The summed E-state index contributed by atoms with van der Waals surface area (Å²) in [4.78, 5) is 33.1. The maximum absolute atomic E-state index is 12.6. The van der Waals surface area contributed by atoms with E-state index in [-0.39, 0.29) is 18.0 Å². The van der Waals surface area contributed by atoms with Gasteiger partial charge in [-0.1, -0.05) is 26.2 Å². The minimum absolute atomic E-state index is 0.00825. The Morgan fingerprint density at radius 2 is 2.13 bits per heavy atom. The van der Waals surface area contributed by atoms with E-state index in [0.717, 1.165) is 29.0 Å². The zero-order chi connectivity index (χ0) is 16.4. The first-order valence-electron chi connectivity index (χ1n) is 8.33. The molecule has 0 unspecified atom stereocenters. The molecule has 0 spiro atoms. The molecule has 2 aromatic heterocycles. The Balaban J connectivity index is 1.79. The fourth-order valence-corrected chi connectivity index (χ4v) is 4.15. The Hall–Kier alpha value is -1.69. The van der Waals surface area contributed by atoms with Gasteiger partial charge < -0.3 is 4.90 Å². The average Bonchev–Trinajstić information content (AvgIpc) is 3.01. The fraction of sp³-hybridized carbons (Fsp3) is 0.588. The second-order valence-corrected chi connectivity index (χ2v) is 7.37. The van der Waals surface area contributed by atoms with Gasteiger partial charge in [0, 0.05) is 18.0 Å². The Labute approximate surface area is 139 Å². The third-order valence-corrected chi connectivity index (χ3v) is 5.93. The quantitative estimate of drug-likeness (QED) is 0.864. The lowest BCUT2D eigenvalue weighted by atomic mass is 9.94. The summed E-state index contributed by atoms with van der Waals surface area (Å²) in [6, 6.07) is 2.22. The zero-order valence-corrected chi connectivity index (χ0v) is 14.6. The number of rotatable bonds is 4. The number of aromatic nitrogens is 2. The molecular formula is C17H23N3O2S. The van der Waals surface area contributed by atoms with Crippen molar-refractivity contribution in [3.63, 3.8) is 0 Å².